The van der Waals surface area contributed by atoms with Crippen LogP contribution < -0.4 is 21.2 Å². The summed E-state index contributed by atoms with van der Waals surface area (Å²) in [5.74, 6) is 0. The Labute approximate surface area is 136 Å². The van der Waals surface area contributed by atoms with Gasteiger partial charge in [-0.2, -0.15) is 10.4 Å². The number of nitrogens with two attached hydrogens (primary N) is 2. The van der Waals surface area contributed by atoms with E-state index in [2.05, 4.69) is 0 Å². The lowest BCUT2D eigenvalue weighted by molar-refractivity contribution is -0.290. The molecule has 0 aliphatic carbocycles. The van der Waals surface area contributed by atoms with Crippen LogP contribution in [-0.2, 0) is 6.54 Å². The van der Waals surface area contributed by atoms with Gasteiger partial charge in [-0.15, -0.1) is 0 Å². The van der Waals surface area contributed by atoms with E-state index >= 15 is 0 Å². The molecule has 0 heterocycles. The molecule has 0 aliphatic rings. The Kier molecular flexibility index (Phi) is 5.10. The lowest BCUT2D eigenvalue weighted by atomic mass is 10.1. The first kappa shape index (κ1) is 17.1. The van der Waals surface area contributed by atoms with Crippen LogP contribution in [0.4, 0.5) is 22.7 Å². The topological polar surface area (TPSA) is 95.7 Å². The molecule has 6 heteroatoms. The number of benzene rings is 2. The molecule has 0 saturated carbocycles. The minimum absolute atomic E-state index is 0.231. The van der Waals surface area contributed by atoms with Crippen LogP contribution in [0, 0.1) is 0 Å². The van der Waals surface area contributed by atoms with Gasteiger partial charge >= 0.3 is 0 Å². The first-order valence-corrected chi connectivity index (χ1v) is 7.62. The highest BCUT2D eigenvalue weighted by Crippen LogP contribution is 2.26. The van der Waals surface area contributed by atoms with Crippen molar-refractivity contribution in [3.8, 4) is 0 Å². The van der Waals surface area contributed by atoms with Crippen molar-refractivity contribution in [2.24, 2.45) is 0 Å². The third kappa shape index (κ3) is 4.13. The van der Waals surface area contributed by atoms with E-state index in [4.69, 9.17) is 11.5 Å². The van der Waals surface area contributed by atoms with Gasteiger partial charge in [0.15, 0.2) is 0 Å². The van der Waals surface area contributed by atoms with Crippen LogP contribution in [0.2, 0.25) is 0 Å². The van der Waals surface area contributed by atoms with Crippen LogP contribution >= 0.6 is 0 Å². The van der Waals surface area contributed by atoms with Crippen molar-refractivity contribution in [2.45, 2.75) is 19.9 Å². The third-order valence-corrected chi connectivity index (χ3v) is 3.79. The number of hydroxylamine groups is 2. The first-order valence-electron chi connectivity index (χ1n) is 7.62. The molecule has 2 aromatic carbocycles. The lowest BCUT2D eigenvalue weighted by Gasteiger charge is -2.24. The fourth-order valence-corrected chi connectivity index (χ4v) is 2.50. The molecule has 2 aromatic rings. The van der Waals surface area contributed by atoms with E-state index in [0.29, 0.717) is 30.0 Å². The predicted molar refractivity (Wildman–Crippen MR) is 94.3 cm³/mol. The zero-order chi connectivity index (χ0) is 17.0. The average Bonchev–Trinajstić information content (AvgIpc) is 2.51. The Bertz CT molecular complexity index is 673. The Hall–Kier alpha value is -2.28. The molecular weight excluding hydrogens is 292 g/mol. The molecule has 0 saturated heterocycles. The van der Waals surface area contributed by atoms with Crippen molar-refractivity contribution in [1.82, 2.24) is 4.81 Å². The Balaban J connectivity index is 2.23. The Morgan fingerprint density at radius 1 is 1.09 bits per heavy atom. The standard InChI is InChI=1S/C17H25N4O2/c1-3-9-21(22,23)16-6-4-5-15(11-16)20(2)12-13-10-14(18)7-8-17(13)19/h4-8,10-11,22-23H,3,9,12,18-19H2,1-2H3/q+1. The first-order chi connectivity index (χ1) is 10.8. The van der Waals surface area contributed by atoms with Crippen molar-refractivity contribution in [3.63, 3.8) is 0 Å². The van der Waals surface area contributed by atoms with E-state index in [1.54, 1.807) is 30.3 Å². The highest BCUT2D eigenvalue weighted by molar-refractivity contribution is 5.59. The summed E-state index contributed by atoms with van der Waals surface area (Å²) >= 11 is 0. The highest BCUT2D eigenvalue weighted by atomic mass is 16.8. The third-order valence-electron chi connectivity index (χ3n) is 3.79. The number of quaternary nitrogens is 1. The van der Waals surface area contributed by atoms with E-state index in [1.807, 2.05) is 31.0 Å². The van der Waals surface area contributed by atoms with Crippen LogP contribution in [0.25, 0.3) is 0 Å². The minimum Gasteiger partial charge on any atom is -0.399 e. The number of anilines is 3. The Morgan fingerprint density at radius 3 is 2.52 bits per heavy atom. The second kappa shape index (κ2) is 6.87. The molecular formula is C17H25N4O2+. The van der Waals surface area contributed by atoms with E-state index in [9.17, 15) is 10.4 Å². The summed E-state index contributed by atoms with van der Waals surface area (Å²) in [6, 6.07) is 12.6. The van der Waals surface area contributed by atoms with E-state index in [0.717, 1.165) is 11.3 Å². The number of nitrogens with zero attached hydrogens (tertiary/aromatic N) is 2. The van der Waals surface area contributed by atoms with Gasteiger partial charge in [0.1, 0.15) is 6.54 Å². The monoisotopic (exact) mass is 317 g/mol. The summed E-state index contributed by atoms with van der Waals surface area (Å²) in [7, 11) is 1.92. The number of rotatable bonds is 6. The number of hydrogen-bond donors (Lipinski definition) is 4. The molecule has 0 amide bonds. The van der Waals surface area contributed by atoms with Gasteiger partial charge in [-0.25, -0.2) is 0 Å². The van der Waals surface area contributed by atoms with Gasteiger partial charge < -0.3 is 16.4 Å². The molecule has 6 N–H and O–H groups in total. The van der Waals surface area contributed by atoms with Crippen LogP contribution in [0.3, 0.4) is 0 Å². The van der Waals surface area contributed by atoms with Gasteiger partial charge in [-0.3, -0.25) is 0 Å². The maximum Gasteiger partial charge on any atom is 0.201 e. The predicted octanol–water partition coefficient (Wildman–Crippen LogP) is 2.98. The summed E-state index contributed by atoms with van der Waals surface area (Å²) in [5, 5.41) is 20.2. The van der Waals surface area contributed by atoms with Gasteiger partial charge in [0.2, 0.25) is 5.69 Å². The number of hydrogen-bond acceptors (Lipinski definition) is 5. The van der Waals surface area contributed by atoms with Gasteiger partial charge in [-0.1, -0.05) is 13.0 Å². The molecule has 0 spiro atoms. The lowest BCUT2D eigenvalue weighted by Crippen LogP contribution is -2.42. The average molecular weight is 317 g/mol. The molecule has 0 unspecified atom stereocenters. The fraction of sp³-hybridized carbons (Fsp3) is 0.294. The SMILES string of the molecule is CCC[N+](O)(O)c1cccc(N(C)Cc2cc(N)ccc2N)c1. The van der Waals surface area contributed by atoms with Crippen molar-refractivity contribution in [2.75, 3.05) is 30.0 Å². The molecule has 0 bridgehead atoms. The fourth-order valence-electron chi connectivity index (χ4n) is 2.50. The summed E-state index contributed by atoms with van der Waals surface area (Å²) in [6.45, 7) is 2.71. The molecule has 6 nitrogen and oxygen atoms in total. The Morgan fingerprint density at radius 2 is 1.83 bits per heavy atom. The molecule has 124 valence electrons. The van der Waals surface area contributed by atoms with Crippen molar-refractivity contribution >= 4 is 22.7 Å². The summed E-state index contributed by atoms with van der Waals surface area (Å²) in [6.07, 6.45) is 0.660. The maximum absolute atomic E-state index is 10.1. The van der Waals surface area contributed by atoms with Crippen molar-refractivity contribution in [1.29, 1.82) is 0 Å². The second-order valence-corrected chi connectivity index (χ2v) is 5.79. The normalized spacial score (nSPS) is 11.5. The summed E-state index contributed by atoms with van der Waals surface area (Å²) in [5.41, 5.74) is 15.4. The van der Waals surface area contributed by atoms with E-state index in [1.165, 1.54) is 0 Å². The number of nitrogen functional groups attached to an aromatic ring is 2. The minimum atomic E-state index is -1.11. The molecule has 23 heavy (non-hydrogen) atoms. The second-order valence-electron chi connectivity index (χ2n) is 5.79. The van der Waals surface area contributed by atoms with Gasteiger partial charge in [0, 0.05) is 49.2 Å². The highest BCUT2D eigenvalue weighted by Gasteiger charge is 2.26. The smallest absolute Gasteiger partial charge is 0.201 e. The van der Waals surface area contributed by atoms with E-state index < -0.39 is 4.81 Å². The van der Waals surface area contributed by atoms with Crippen molar-refractivity contribution in [3.05, 3.63) is 48.0 Å². The van der Waals surface area contributed by atoms with Gasteiger partial charge in [-0.05, 0) is 34.6 Å². The molecule has 0 aromatic heterocycles. The van der Waals surface area contributed by atoms with Gasteiger partial charge in [0.25, 0.3) is 0 Å². The van der Waals surface area contributed by atoms with Crippen LogP contribution in [0.15, 0.2) is 42.5 Å². The van der Waals surface area contributed by atoms with Crippen molar-refractivity contribution < 1.29 is 10.4 Å². The van der Waals surface area contributed by atoms with Crippen LogP contribution in [-0.4, -0.2) is 24.0 Å². The molecule has 0 aliphatic heterocycles. The largest absolute Gasteiger partial charge is 0.399 e. The maximum atomic E-state index is 10.1. The zero-order valence-electron chi connectivity index (χ0n) is 13.6. The molecule has 0 atom stereocenters. The van der Waals surface area contributed by atoms with Crippen LogP contribution in [0.1, 0.15) is 18.9 Å². The van der Waals surface area contributed by atoms with Crippen LogP contribution in [0.5, 0.6) is 0 Å². The van der Waals surface area contributed by atoms with Gasteiger partial charge in [0.05, 0.1) is 0 Å². The molecule has 0 fully saturated rings. The molecule has 2 rings (SSSR count). The quantitative estimate of drug-likeness (QED) is 0.373. The van der Waals surface area contributed by atoms with E-state index in [-0.39, 0.29) is 6.54 Å². The zero-order valence-corrected chi connectivity index (χ0v) is 13.6. The molecule has 0 radical (unpaired) electrons. The summed E-state index contributed by atoms with van der Waals surface area (Å²) < 4.78 is 0. The summed E-state index contributed by atoms with van der Waals surface area (Å²) in [4.78, 5) is 0.874.